The van der Waals surface area contributed by atoms with Crippen molar-refractivity contribution in [3.8, 4) is 5.75 Å². The summed E-state index contributed by atoms with van der Waals surface area (Å²) in [4.78, 5) is 2.42. The molecule has 1 fully saturated rings. The van der Waals surface area contributed by atoms with Gasteiger partial charge in [-0.15, -0.1) is 0 Å². The highest BCUT2D eigenvalue weighted by atomic mass is 79.9. The first-order valence-corrected chi connectivity index (χ1v) is 7.44. The summed E-state index contributed by atoms with van der Waals surface area (Å²) in [7, 11) is 1.68. The number of halogens is 1. The van der Waals surface area contributed by atoms with Gasteiger partial charge in [0, 0.05) is 43.3 Å². The van der Waals surface area contributed by atoms with Crippen LogP contribution < -0.4 is 10.1 Å². The summed E-state index contributed by atoms with van der Waals surface area (Å²) in [5, 5.41) is 12.7. The summed E-state index contributed by atoms with van der Waals surface area (Å²) in [6.07, 6.45) is 0.742. The van der Waals surface area contributed by atoms with Crippen molar-refractivity contribution in [3.05, 3.63) is 28.2 Å². The molecule has 1 aliphatic rings. The average molecular weight is 329 g/mol. The minimum atomic E-state index is 0.193. The van der Waals surface area contributed by atoms with Crippen molar-refractivity contribution < 1.29 is 9.84 Å². The molecule has 1 heterocycles. The molecule has 1 aromatic rings. The lowest BCUT2D eigenvalue weighted by Gasteiger charge is -2.35. The number of aliphatic hydroxyl groups is 1. The topological polar surface area (TPSA) is 44.7 Å². The Morgan fingerprint density at radius 2 is 2.16 bits per heavy atom. The number of methoxy groups -OCH3 is 1. The van der Waals surface area contributed by atoms with Gasteiger partial charge >= 0.3 is 0 Å². The number of hydrogen-bond donors (Lipinski definition) is 2. The normalized spacial score (nSPS) is 18.3. The van der Waals surface area contributed by atoms with Crippen molar-refractivity contribution in [2.75, 3.05) is 39.9 Å². The highest BCUT2D eigenvalue weighted by molar-refractivity contribution is 9.10. The van der Waals surface area contributed by atoms with Crippen LogP contribution in [0.4, 0.5) is 0 Å². The van der Waals surface area contributed by atoms with Gasteiger partial charge in [-0.1, -0.05) is 15.9 Å². The first-order valence-electron chi connectivity index (χ1n) is 6.65. The molecule has 1 aromatic carbocycles. The van der Waals surface area contributed by atoms with E-state index in [9.17, 15) is 5.11 Å². The molecule has 2 N–H and O–H groups in total. The van der Waals surface area contributed by atoms with E-state index in [-0.39, 0.29) is 12.6 Å². The van der Waals surface area contributed by atoms with Crippen LogP contribution in [0.25, 0.3) is 0 Å². The summed E-state index contributed by atoms with van der Waals surface area (Å²) in [5.41, 5.74) is 1.19. The number of nitrogens with zero attached hydrogens (tertiary/aromatic N) is 1. The maximum absolute atomic E-state index is 9.36. The van der Waals surface area contributed by atoms with Crippen molar-refractivity contribution in [3.63, 3.8) is 0 Å². The number of hydrogen-bond acceptors (Lipinski definition) is 4. The van der Waals surface area contributed by atoms with Crippen LogP contribution in [0.5, 0.6) is 5.75 Å². The van der Waals surface area contributed by atoms with E-state index in [1.165, 1.54) is 5.56 Å². The molecule has 1 atom stereocenters. The molecule has 0 radical (unpaired) electrons. The van der Waals surface area contributed by atoms with Gasteiger partial charge in [-0.2, -0.15) is 0 Å². The summed E-state index contributed by atoms with van der Waals surface area (Å²) in [6, 6.07) is 6.26. The molecule has 1 saturated heterocycles. The number of nitrogens with one attached hydrogen (secondary N) is 1. The summed E-state index contributed by atoms with van der Waals surface area (Å²) >= 11 is 3.62. The summed E-state index contributed by atoms with van der Waals surface area (Å²) in [5.74, 6) is 0.858. The number of rotatable bonds is 5. The monoisotopic (exact) mass is 328 g/mol. The van der Waals surface area contributed by atoms with Crippen LogP contribution in [-0.4, -0.2) is 49.9 Å². The van der Waals surface area contributed by atoms with Crippen LogP contribution in [-0.2, 0) is 0 Å². The standard InChI is InChI=1S/C14H21BrN2O2/c1-19-11-2-3-13(15)12(10-11)14(4-9-18)17-7-5-16-6-8-17/h2-3,10,14,16,18H,4-9H2,1H3/t14-/m0/s1. The lowest BCUT2D eigenvalue weighted by molar-refractivity contribution is 0.140. The van der Waals surface area contributed by atoms with Crippen LogP contribution >= 0.6 is 15.9 Å². The van der Waals surface area contributed by atoms with Crippen LogP contribution in [0.15, 0.2) is 22.7 Å². The SMILES string of the molecule is COc1ccc(Br)c([C@H](CCO)N2CCNCC2)c1. The van der Waals surface area contributed by atoms with Crippen molar-refractivity contribution in [2.24, 2.45) is 0 Å². The predicted molar refractivity (Wildman–Crippen MR) is 79.6 cm³/mol. The van der Waals surface area contributed by atoms with Gasteiger partial charge in [0.25, 0.3) is 0 Å². The molecule has 5 heteroatoms. The average Bonchev–Trinajstić information content (AvgIpc) is 2.47. The number of piperazine rings is 1. The molecule has 1 aliphatic heterocycles. The van der Waals surface area contributed by atoms with Gasteiger partial charge in [0.1, 0.15) is 5.75 Å². The number of benzene rings is 1. The van der Waals surface area contributed by atoms with Crippen LogP contribution in [0.3, 0.4) is 0 Å². The maximum atomic E-state index is 9.36. The van der Waals surface area contributed by atoms with E-state index in [1.807, 2.05) is 12.1 Å². The quantitative estimate of drug-likeness (QED) is 0.865. The van der Waals surface area contributed by atoms with Crippen molar-refractivity contribution in [1.29, 1.82) is 0 Å². The lowest BCUT2D eigenvalue weighted by atomic mass is 10.0. The molecular weight excluding hydrogens is 308 g/mol. The van der Waals surface area contributed by atoms with Crippen LogP contribution in [0.2, 0.25) is 0 Å². The maximum Gasteiger partial charge on any atom is 0.119 e. The number of ether oxygens (including phenoxy) is 1. The summed E-state index contributed by atoms with van der Waals surface area (Å²) < 4.78 is 6.39. The Balaban J connectivity index is 2.26. The molecule has 0 unspecified atom stereocenters. The van der Waals surface area contributed by atoms with Gasteiger partial charge in [-0.3, -0.25) is 4.90 Å². The first-order chi connectivity index (χ1) is 9.26. The van der Waals surface area contributed by atoms with Gasteiger partial charge in [-0.25, -0.2) is 0 Å². The number of aliphatic hydroxyl groups excluding tert-OH is 1. The molecule has 4 nitrogen and oxygen atoms in total. The second-order valence-corrected chi connectivity index (χ2v) is 5.56. The zero-order valence-electron chi connectivity index (χ0n) is 11.2. The van der Waals surface area contributed by atoms with Crippen molar-refractivity contribution >= 4 is 15.9 Å². The van der Waals surface area contributed by atoms with E-state index < -0.39 is 0 Å². The van der Waals surface area contributed by atoms with E-state index in [2.05, 4.69) is 32.2 Å². The molecule has 0 aliphatic carbocycles. The second-order valence-electron chi connectivity index (χ2n) is 4.70. The fourth-order valence-corrected chi connectivity index (χ4v) is 3.07. The largest absolute Gasteiger partial charge is 0.497 e. The van der Waals surface area contributed by atoms with Crippen molar-refractivity contribution in [2.45, 2.75) is 12.5 Å². The first kappa shape index (κ1) is 14.8. The molecule has 0 bridgehead atoms. The Morgan fingerprint density at radius 3 is 2.79 bits per heavy atom. The molecule has 106 valence electrons. The smallest absolute Gasteiger partial charge is 0.119 e. The third-order valence-electron chi connectivity index (χ3n) is 3.56. The third kappa shape index (κ3) is 3.69. The minimum Gasteiger partial charge on any atom is -0.497 e. The minimum absolute atomic E-state index is 0.193. The molecular formula is C14H21BrN2O2. The zero-order chi connectivity index (χ0) is 13.7. The zero-order valence-corrected chi connectivity index (χ0v) is 12.8. The Kier molecular flexibility index (Phi) is 5.63. The van der Waals surface area contributed by atoms with E-state index in [1.54, 1.807) is 7.11 Å². The van der Waals surface area contributed by atoms with Crippen molar-refractivity contribution in [1.82, 2.24) is 10.2 Å². The van der Waals surface area contributed by atoms with Gasteiger partial charge in [0.05, 0.1) is 7.11 Å². The second kappa shape index (κ2) is 7.24. The van der Waals surface area contributed by atoms with E-state index in [4.69, 9.17) is 4.74 Å². The Hall–Kier alpha value is -0.620. The molecule has 19 heavy (non-hydrogen) atoms. The fourth-order valence-electron chi connectivity index (χ4n) is 2.56. The van der Waals surface area contributed by atoms with Gasteiger partial charge < -0.3 is 15.2 Å². The summed E-state index contributed by atoms with van der Waals surface area (Å²) in [6.45, 7) is 4.22. The predicted octanol–water partition coefficient (Wildman–Crippen LogP) is 1.79. The van der Waals surface area contributed by atoms with E-state index in [0.29, 0.717) is 0 Å². The van der Waals surface area contributed by atoms with Crippen LogP contribution in [0.1, 0.15) is 18.0 Å². The van der Waals surface area contributed by atoms with E-state index in [0.717, 1.165) is 42.8 Å². The highest BCUT2D eigenvalue weighted by Crippen LogP contribution is 2.33. The van der Waals surface area contributed by atoms with Gasteiger partial charge in [0.15, 0.2) is 0 Å². The molecule has 0 aromatic heterocycles. The Bertz CT molecular complexity index is 408. The Morgan fingerprint density at radius 1 is 1.42 bits per heavy atom. The molecule has 2 rings (SSSR count). The molecule has 0 spiro atoms. The van der Waals surface area contributed by atoms with Crippen LogP contribution in [0, 0.1) is 0 Å². The van der Waals surface area contributed by atoms with Gasteiger partial charge in [-0.05, 0) is 30.2 Å². The van der Waals surface area contributed by atoms with E-state index >= 15 is 0 Å². The highest BCUT2D eigenvalue weighted by Gasteiger charge is 2.23. The fraction of sp³-hybridized carbons (Fsp3) is 0.571. The lowest BCUT2D eigenvalue weighted by Crippen LogP contribution is -2.45. The Labute approximate surface area is 122 Å². The van der Waals surface area contributed by atoms with Gasteiger partial charge in [0.2, 0.25) is 0 Å². The third-order valence-corrected chi connectivity index (χ3v) is 4.28. The molecule has 0 amide bonds. The molecule has 0 saturated carbocycles.